The van der Waals surface area contributed by atoms with Crippen LogP contribution >= 0.6 is 0 Å². The smallest absolute Gasteiger partial charge is 0.242 e. The molecule has 0 aliphatic rings. The van der Waals surface area contributed by atoms with Crippen molar-refractivity contribution in [2.24, 2.45) is 0 Å². The van der Waals surface area contributed by atoms with Gasteiger partial charge in [-0.05, 0) is 13.3 Å². The second kappa shape index (κ2) is 7.47. The van der Waals surface area contributed by atoms with Crippen molar-refractivity contribution < 1.29 is 14.3 Å². The fourth-order valence-electron chi connectivity index (χ4n) is 1.72. The molecule has 0 fully saturated rings. The molecule has 0 heterocycles. The van der Waals surface area contributed by atoms with Crippen molar-refractivity contribution in [2.75, 3.05) is 31.8 Å². The van der Waals surface area contributed by atoms with Crippen molar-refractivity contribution in [2.45, 2.75) is 26.3 Å². The Labute approximate surface area is 119 Å². The Morgan fingerprint density at radius 3 is 2.45 bits per heavy atom. The van der Waals surface area contributed by atoms with Gasteiger partial charge in [0.1, 0.15) is 6.04 Å². The zero-order chi connectivity index (χ0) is 15.1. The molecule has 0 aliphatic carbocycles. The minimum Gasteiger partial charge on any atom is -0.493 e. The van der Waals surface area contributed by atoms with Crippen molar-refractivity contribution in [1.29, 1.82) is 0 Å². The Bertz CT molecular complexity index is 463. The lowest BCUT2D eigenvalue weighted by Crippen LogP contribution is -2.38. The SMILES string of the molecule is CCCNC(=O)C(C)Nc1cc(OC)c(OC)cc1N. The molecule has 20 heavy (non-hydrogen) atoms. The van der Waals surface area contributed by atoms with Crippen LogP contribution in [0.5, 0.6) is 11.5 Å². The quantitative estimate of drug-likeness (QED) is 0.661. The Balaban J connectivity index is 2.84. The van der Waals surface area contributed by atoms with E-state index in [4.69, 9.17) is 15.2 Å². The van der Waals surface area contributed by atoms with E-state index >= 15 is 0 Å². The second-order valence-corrected chi connectivity index (χ2v) is 4.45. The van der Waals surface area contributed by atoms with E-state index in [1.54, 1.807) is 33.3 Å². The number of nitrogens with two attached hydrogens (primary N) is 1. The lowest BCUT2D eigenvalue weighted by Gasteiger charge is -2.18. The molecule has 0 saturated heterocycles. The van der Waals surface area contributed by atoms with Crippen LogP contribution in [0.3, 0.4) is 0 Å². The number of carbonyl (C=O) groups excluding carboxylic acids is 1. The molecule has 0 bridgehead atoms. The van der Waals surface area contributed by atoms with E-state index in [0.717, 1.165) is 6.42 Å². The van der Waals surface area contributed by atoms with Crippen LogP contribution in [0.2, 0.25) is 0 Å². The zero-order valence-corrected chi connectivity index (χ0v) is 12.4. The summed E-state index contributed by atoms with van der Waals surface area (Å²) in [6, 6.07) is 3.00. The standard InChI is InChI=1S/C14H23N3O3/c1-5-6-16-14(18)9(2)17-11-8-13(20-4)12(19-3)7-10(11)15/h7-9,17H,5-6,15H2,1-4H3,(H,16,18). The highest BCUT2D eigenvalue weighted by molar-refractivity contribution is 5.86. The number of benzene rings is 1. The summed E-state index contributed by atoms with van der Waals surface area (Å²) in [5.41, 5.74) is 7.08. The van der Waals surface area contributed by atoms with E-state index in [1.807, 2.05) is 6.92 Å². The summed E-state index contributed by atoms with van der Waals surface area (Å²) in [5.74, 6) is 1.05. The topological polar surface area (TPSA) is 85.6 Å². The second-order valence-electron chi connectivity index (χ2n) is 4.45. The maximum Gasteiger partial charge on any atom is 0.242 e. The van der Waals surface area contributed by atoms with E-state index in [0.29, 0.717) is 29.4 Å². The number of hydrogen-bond acceptors (Lipinski definition) is 5. The van der Waals surface area contributed by atoms with Gasteiger partial charge < -0.3 is 25.8 Å². The Morgan fingerprint density at radius 2 is 1.90 bits per heavy atom. The van der Waals surface area contributed by atoms with Crippen LogP contribution in [0.15, 0.2) is 12.1 Å². The Morgan fingerprint density at radius 1 is 1.30 bits per heavy atom. The molecule has 0 radical (unpaired) electrons. The first-order valence-corrected chi connectivity index (χ1v) is 6.59. The predicted molar refractivity (Wildman–Crippen MR) is 80.3 cm³/mol. The number of ether oxygens (including phenoxy) is 2. The van der Waals surface area contributed by atoms with Gasteiger partial charge in [-0.15, -0.1) is 0 Å². The van der Waals surface area contributed by atoms with Crippen molar-refractivity contribution in [3.8, 4) is 11.5 Å². The van der Waals surface area contributed by atoms with E-state index in [1.165, 1.54) is 0 Å². The molecule has 1 rings (SSSR count). The summed E-state index contributed by atoms with van der Waals surface area (Å²) in [6.07, 6.45) is 0.900. The number of methoxy groups -OCH3 is 2. The van der Waals surface area contributed by atoms with E-state index in [2.05, 4.69) is 10.6 Å². The van der Waals surface area contributed by atoms with Crippen molar-refractivity contribution in [1.82, 2.24) is 5.32 Å². The highest BCUT2D eigenvalue weighted by Gasteiger charge is 2.15. The highest BCUT2D eigenvalue weighted by Crippen LogP contribution is 2.35. The zero-order valence-electron chi connectivity index (χ0n) is 12.4. The number of nitrogen functional groups attached to an aromatic ring is 1. The van der Waals surface area contributed by atoms with E-state index in [9.17, 15) is 4.79 Å². The molecule has 0 aromatic heterocycles. The predicted octanol–water partition coefficient (Wildman–Crippen LogP) is 1.61. The van der Waals surface area contributed by atoms with Crippen LogP contribution in [-0.4, -0.2) is 32.7 Å². The molecule has 6 heteroatoms. The minimum atomic E-state index is -0.387. The average molecular weight is 281 g/mol. The van der Waals surface area contributed by atoms with Gasteiger partial charge in [0.05, 0.1) is 25.6 Å². The molecule has 1 unspecified atom stereocenters. The summed E-state index contributed by atoms with van der Waals surface area (Å²) in [5, 5.41) is 5.90. The fourth-order valence-corrected chi connectivity index (χ4v) is 1.72. The van der Waals surface area contributed by atoms with Crippen molar-refractivity contribution in [3.05, 3.63) is 12.1 Å². The number of anilines is 2. The summed E-state index contributed by atoms with van der Waals surface area (Å²) < 4.78 is 10.4. The third-order valence-electron chi connectivity index (χ3n) is 2.87. The first-order valence-electron chi connectivity index (χ1n) is 6.59. The summed E-state index contributed by atoms with van der Waals surface area (Å²) >= 11 is 0. The maximum absolute atomic E-state index is 11.8. The molecule has 0 aliphatic heterocycles. The molecule has 1 aromatic carbocycles. The van der Waals surface area contributed by atoms with Gasteiger partial charge in [-0.3, -0.25) is 4.79 Å². The van der Waals surface area contributed by atoms with Gasteiger partial charge in [-0.2, -0.15) is 0 Å². The van der Waals surface area contributed by atoms with Gasteiger partial charge in [-0.1, -0.05) is 6.92 Å². The van der Waals surface area contributed by atoms with Crippen LogP contribution in [0, 0.1) is 0 Å². The molecule has 0 spiro atoms. The van der Waals surface area contributed by atoms with Gasteiger partial charge in [-0.25, -0.2) is 0 Å². The molecule has 4 N–H and O–H groups in total. The van der Waals surface area contributed by atoms with Crippen LogP contribution < -0.4 is 25.8 Å². The lowest BCUT2D eigenvalue weighted by atomic mass is 10.2. The summed E-state index contributed by atoms with van der Waals surface area (Å²) in [4.78, 5) is 11.8. The van der Waals surface area contributed by atoms with Crippen LogP contribution in [0.4, 0.5) is 11.4 Å². The van der Waals surface area contributed by atoms with Crippen LogP contribution in [0.1, 0.15) is 20.3 Å². The molecule has 0 saturated carbocycles. The average Bonchev–Trinajstić information content (AvgIpc) is 2.45. The van der Waals surface area contributed by atoms with Crippen LogP contribution in [0.25, 0.3) is 0 Å². The summed E-state index contributed by atoms with van der Waals surface area (Å²) in [7, 11) is 3.10. The number of nitrogens with one attached hydrogen (secondary N) is 2. The van der Waals surface area contributed by atoms with Gasteiger partial charge in [0, 0.05) is 18.7 Å². The molecular weight excluding hydrogens is 258 g/mol. The molecule has 1 aromatic rings. The van der Waals surface area contributed by atoms with Crippen LogP contribution in [-0.2, 0) is 4.79 Å². The largest absolute Gasteiger partial charge is 0.493 e. The van der Waals surface area contributed by atoms with Crippen molar-refractivity contribution >= 4 is 17.3 Å². The third-order valence-corrected chi connectivity index (χ3v) is 2.87. The Kier molecular flexibility index (Phi) is 5.96. The molecule has 6 nitrogen and oxygen atoms in total. The molecule has 112 valence electrons. The highest BCUT2D eigenvalue weighted by atomic mass is 16.5. The van der Waals surface area contributed by atoms with Gasteiger partial charge in [0.2, 0.25) is 5.91 Å². The number of carbonyl (C=O) groups is 1. The maximum atomic E-state index is 11.8. The number of rotatable bonds is 7. The van der Waals surface area contributed by atoms with Crippen molar-refractivity contribution in [3.63, 3.8) is 0 Å². The lowest BCUT2D eigenvalue weighted by molar-refractivity contribution is -0.121. The number of amides is 1. The van der Waals surface area contributed by atoms with Gasteiger partial charge in [0.25, 0.3) is 0 Å². The minimum absolute atomic E-state index is 0.0685. The van der Waals surface area contributed by atoms with E-state index in [-0.39, 0.29) is 11.9 Å². The third kappa shape index (κ3) is 3.94. The van der Waals surface area contributed by atoms with Gasteiger partial charge >= 0.3 is 0 Å². The monoisotopic (exact) mass is 281 g/mol. The van der Waals surface area contributed by atoms with E-state index < -0.39 is 0 Å². The molecule has 1 amide bonds. The summed E-state index contributed by atoms with van der Waals surface area (Å²) in [6.45, 7) is 4.44. The Hall–Kier alpha value is -2.11. The number of hydrogen-bond donors (Lipinski definition) is 3. The normalized spacial score (nSPS) is 11.6. The fraction of sp³-hybridized carbons (Fsp3) is 0.500. The first-order chi connectivity index (χ1) is 9.53. The van der Waals surface area contributed by atoms with Gasteiger partial charge in [0.15, 0.2) is 11.5 Å². The molecule has 1 atom stereocenters. The molecular formula is C14H23N3O3. The first kappa shape index (κ1) is 15.9.